The van der Waals surface area contributed by atoms with E-state index in [0.29, 0.717) is 11.4 Å². The van der Waals surface area contributed by atoms with Gasteiger partial charge in [-0.2, -0.15) is 0 Å². The molecule has 9 heteroatoms. The lowest BCUT2D eigenvalue weighted by molar-refractivity contribution is -0.133. The van der Waals surface area contributed by atoms with Gasteiger partial charge in [0.25, 0.3) is 0 Å². The van der Waals surface area contributed by atoms with Crippen molar-refractivity contribution >= 4 is 17.6 Å². The van der Waals surface area contributed by atoms with Crippen LogP contribution in [0.3, 0.4) is 0 Å². The normalized spacial score (nSPS) is 13.3. The molecule has 0 spiro atoms. The highest BCUT2D eigenvalue weighted by molar-refractivity contribution is 5.90. The minimum atomic E-state index is -1.01. The molecule has 1 aromatic carbocycles. The summed E-state index contributed by atoms with van der Waals surface area (Å²) >= 11 is 0. The number of halogens is 2. The number of nitrogens with one attached hydrogen (secondary N) is 2. The van der Waals surface area contributed by atoms with E-state index in [1.54, 1.807) is 18.3 Å². The number of rotatable bonds is 10. The van der Waals surface area contributed by atoms with Gasteiger partial charge >= 0.3 is 0 Å². The molecule has 2 rings (SSSR count). The van der Waals surface area contributed by atoms with Gasteiger partial charge < -0.3 is 16.4 Å². The molecule has 1 heterocycles. The Hall–Kier alpha value is -3.07. The lowest BCUT2D eigenvalue weighted by atomic mass is 9.99. The molecular formula is C24H33F2N5O2. The van der Waals surface area contributed by atoms with Crippen LogP contribution in [0.5, 0.6) is 0 Å². The first kappa shape index (κ1) is 26.2. The SMILES string of the molecule is CC(C)C(C(=O)N[C@@H](Cc1ccc(F)c(F)c1)C(=O)NCc1ccc(N)nc1)N(C)C(C)C. The molecular weight excluding hydrogens is 428 g/mol. The molecule has 0 saturated heterocycles. The number of hydrogen-bond acceptors (Lipinski definition) is 5. The third-order valence-corrected chi connectivity index (χ3v) is 5.52. The zero-order valence-corrected chi connectivity index (χ0v) is 19.7. The third kappa shape index (κ3) is 7.49. The van der Waals surface area contributed by atoms with Gasteiger partial charge in [-0.05, 0) is 56.1 Å². The predicted molar refractivity (Wildman–Crippen MR) is 124 cm³/mol. The minimum absolute atomic E-state index is 0.00493. The molecule has 0 saturated carbocycles. The second-order valence-electron chi connectivity index (χ2n) is 8.77. The molecule has 1 aromatic heterocycles. The molecule has 33 heavy (non-hydrogen) atoms. The fourth-order valence-corrected chi connectivity index (χ4v) is 3.50. The number of nitrogens with two attached hydrogens (primary N) is 1. The number of benzene rings is 1. The maximum absolute atomic E-state index is 13.7. The Kier molecular flexibility index (Phi) is 9.28. The van der Waals surface area contributed by atoms with Gasteiger partial charge in [0.1, 0.15) is 11.9 Å². The Morgan fingerprint density at radius 2 is 1.70 bits per heavy atom. The molecule has 0 radical (unpaired) electrons. The highest BCUT2D eigenvalue weighted by Gasteiger charge is 2.31. The first-order chi connectivity index (χ1) is 15.5. The molecule has 2 atom stereocenters. The Bertz CT molecular complexity index is 950. The lowest BCUT2D eigenvalue weighted by Crippen LogP contribution is -2.56. The summed E-state index contributed by atoms with van der Waals surface area (Å²) in [7, 11) is 1.85. The summed E-state index contributed by atoms with van der Waals surface area (Å²) < 4.78 is 27.1. The first-order valence-electron chi connectivity index (χ1n) is 10.9. The van der Waals surface area contributed by atoms with E-state index in [0.717, 1.165) is 17.7 Å². The van der Waals surface area contributed by atoms with Crippen LogP contribution in [0.2, 0.25) is 0 Å². The number of nitrogen functional groups attached to an aromatic ring is 1. The van der Waals surface area contributed by atoms with Crippen molar-refractivity contribution < 1.29 is 18.4 Å². The maximum atomic E-state index is 13.7. The highest BCUT2D eigenvalue weighted by atomic mass is 19.2. The van der Waals surface area contributed by atoms with Crippen molar-refractivity contribution in [1.29, 1.82) is 0 Å². The summed E-state index contributed by atoms with van der Waals surface area (Å²) in [5, 5.41) is 5.59. The number of hydrogen-bond donors (Lipinski definition) is 3. The van der Waals surface area contributed by atoms with Crippen LogP contribution in [0.25, 0.3) is 0 Å². The number of aromatic nitrogens is 1. The molecule has 0 aliphatic rings. The number of carbonyl (C=O) groups is 2. The maximum Gasteiger partial charge on any atom is 0.243 e. The Labute approximate surface area is 193 Å². The minimum Gasteiger partial charge on any atom is -0.384 e. The number of nitrogens with zero attached hydrogens (tertiary/aromatic N) is 2. The molecule has 2 amide bonds. The Morgan fingerprint density at radius 1 is 1.03 bits per heavy atom. The van der Waals surface area contributed by atoms with Crippen molar-refractivity contribution in [2.75, 3.05) is 12.8 Å². The van der Waals surface area contributed by atoms with E-state index < -0.39 is 29.6 Å². The average Bonchev–Trinajstić information content (AvgIpc) is 2.74. The molecule has 0 bridgehead atoms. The van der Waals surface area contributed by atoms with E-state index in [1.165, 1.54) is 6.07 Å². The molecule has 0 aliphatic heterocycles. The van der Waals surface area contributed by atoms with E-state index >= 15 is 0 Å². The summed E-state index contributed by atoms with van der Waals surface area (Å²) in [4.78, 5) is 32.1. The Balaban J connectivity index is 2.22. The monoisotopic (exact) mass is 461 g/mol. The lowest BCUT2D eigenvalue weighted by Gasteiger charge is -2.34. The van der Waals surface area contributed by atoms with E-state index in [-0.39, 0.29) is 30.8 Å². The van der Waals surface area contributed by atoms with Gasteiger partial charge in [-0.25, -0.2) is 13.8 Å². The van der Waals surface area contributed by atoms with Gasteiger partial charge in [0, 0.05) is 25.2 Å². The molecule has 0 aliphatic carbocycles. The van der Waals surface area contributed by atoms with Crippen molar-refractivity contribution in [2.45, 2.75) is 58.8 Å². The van der Waals surface area contributed by atoms with Crippen molar-refractivity contribution in [1.82, 2.24) is 20.5 Å². The molecule has 0 fully saturated rings. The summed E-state index contributed by atoms with van der Waals surface area (Å²) in [5.74, 6) is -2.38. The fourth-order valence-electron chi connectivity index (χ4n) is 3.50. The van der Waals surface area contributed by atoms with Gasteiger partial charge in [-0.1, -0.05) is 26.0 Å². The number of amides is 2. The van der Waals surface area contributed by atoms with Crippen molar-refractivity contribution in [3.8, 4) is 0 Å². The second kappa shape index (κ2) is 11.7. The first-order valence-corrected chi connectivity index (χ1v) is 10.9. The molecule has 2 aromatic rings. The van der Waals surface area contributed by atoms with Crippen LogP contribution in [0.15, 0.2) is 36.5 Å². The highest BCUT2D eigenvalue weighted by Crippen LogP contribution is 2.15. The van der Waals surface area contributed by atoms with Crippen LogP contribution in [0.1, 0.15) is 38.8 Å². The molecule has 4 N–H and O–H groups in total. The average molecular weight is 462 g/mol. The van der Waals surface area contributed by atoms with E-state index in [2.05, 4.69) is 15.6 Å². The summed E-state index contributed by atoms with van der Waals surface area (Å²) in [6, 6.07) is 5.46. The van der Waals surface area contributed by atoms with Crippen LogP contribution in [0.4, 0.5) is 14.6 Å². The van der Waals surface area contributed by atoms with E-state index in [9.17, 15) is 18.4 Å². The molecule has 7 nitrogen and oxygen atoms in total. The molecule has 1 unspecified atom stereocenters. The van der Waals surface area contributed by atoms with E-state index in [1.807, 2.05) is 39.6 Å². The fraction of sp³-hybridized carbons (Fsp3) is 0.458. The predicted octanol–water partition coefficient (Wildman–Crippen LogP) is 2.65. The zero-order valence-electron chi connectivity index (χ0n) is 19.7. The van der Waals surface area contributed by atoms with Gasteiger partial charge in [0.2, 0.25) is 11.8 Å². The zero-order chi connectivity index (χ0) is 24.7. The van der Waals surface area contributed by atoms with E-state index in [4.69, 9.17) is 5.73 Å². The van der Waals surface area contributed by atoms with Gasteiger partial charge in [-0.15, -0.1) is 0 Å². The molecule has 180 valence electrons. The summed E-state index contributed by atoms with van der Waals surface area (Å²) in [6.07, 6.45) is 1.55. The largest absolute Gasteiger partial charge is 0.384 e. The number of likely N-dealkylation sites (N-methyl/N-ethyl adjacent to an activating group) is 1. The van der Waals surface area contributed by atoms with Crippen LogP contribution in [0, 0.1) is 17.6 Å². The quantitative estimate of drug-likeness (QED) is 0.505. The van der Waals surface area contributed by atoms with Crippen molar-refractivity contribution in [2.24, 2.45) is 5.92 Å². The number of anilines is 1. The topological polar surface area (TPSA) is 100 Å². The van der Waals surface area contributed by atoms with Gasteiger partial charge in [-0.3, -0.25) is 14.5 Å². The summed E-state index contributed by atoms with van der Waals surface area (Å²) in [6.45, 7) is 8.00. The van der Waals surface area contributed by atoms with Gasteiger partial charge in [0.15, 0.2) is 11.6 Å². The third-order valence-electron chi connectivity index (χ3n) is 5.52. The van der Waals surface area contributed by atoms with Crippen molar-refractivity contribution in [3.05, 3.63) is 59.3 Å². The number of carbonyl (C=O) groups excluding carboxylic acids is 2. The van der Waals surface area contributed by atoms with Crippen molar-refractivity contribution in [3.63, 3.8) is 0 Å². The summed E-state index contributed by atoms with van der Waals surface area (Å²) in [5.41, 5.74) is 6.71. The van der Waals surface area contributed by atoms with Crippen LogP contribution < -0.4 is 16.4 Å². The number of pyridine rings is 1. The van der Waals surface area contributed by atoms with Crippen LogP contribution in [-0.4, -0.2) is 46.9 Å². The van der Waals surface area contributed by atoms with Crippen LogP contribution in [-0.2, 0) is 22.6 Å². The Morgan fingerprint density at radius 3 is 2.24 bits per heavy atom. The smallest absolute Gasteiger partial charge is 0.243 e. The second-order valence-corrected chi connectivity index (χ2v) is 8.77. The van der Waals surface area contributed by atoms with Gasteiger partial charge in [0.05, 0.1) is 6.04 Å². The van der Waals surface area contributed by atoms with Crippen LogP contribution >= 0.6 is 0 Å². The standard InChI is InChI=1S/C24H33F2N5O2/c1-14(2)22(31(5)15(3)4)24(33)30-20(11-16-6-8-18(25)19(26)10-16)23(32)29-13-17-7-9-21(27)28-12-17/h6-10,12,14-15,20,22H,11,13H2,1-5H3,(H2,27,28)(H,29,32)(H,30,33)/t20-,22?/m0/s1.